The van der Waals surface area contributed by atoms with Gasteiger partial charge in [-0.25, -0.2) is 0 Å². The first kappa shape index (κ1) is 21.5. The minimum atomic E-state index is -0.413. The molecule has 31 heavy (non-hydrogen) atoms. The second-order valence-electron chi connectivity index (χ2n) is 8.39. The van der Waals surface area contributed by atoms with Crippen LogP contribution < -0.4 is 15.8 Å². The maximum atomic E-state index is 13.3. The third kappa shape index (κ3) is 4.78. The average molecular weight is 425 g/mol. The molecule has 164 valence electrons. The summed E-state index contributed by atoms with van der Waals surface area (Å²) < 4.78 is 6.92. The first-order valence-electron chi connectivity index (χ1n) is 11.1. The van der Waals surface area contributed by atoms with Gasteiger partial charge in [0.15, 0.2) is 5.78 Å². The van der Waals surface area contributed by atoms with Crippen molar-refractivity contribution < 1.29 is 19.2 Å². The van der Waals surface area contributed by atoms with Crippen molar-refractivity contribution in [2.24, 2.45) is 0 Å². The summed E-state index contributed by atoms with van der Waals surface area (Å²) in [5, 5.41) is 2.88. The average Bonchev–Trinajstić information content (AvgIpc) is 2.78. The van der Waals surface area contributed by atoms with Gasteiger partial charge in [0.05, 0.1) is 19.8 Å². The summed E-state index contributed by atoms with van der Waals surface area (Å²) in [6, 6.07) is 9.09. The van der Waals surface area contributed by atoms with Gasteiger partial charge in [-0.15, -0.1) is 0 Å². The predicted molar refractivity (Wildman–Crippen MR) is 117 cm³/mol. The number of quaternary nitrogens is 1. The number of aromatic nitrogens is 1. The van der Waals surface area contributed by atoms with Gasteiger partial charge in [-0.2, -0.15) is 0 Å². The standard InChI is InChI=1S/C24H29N3O4/c1-17-6-8-18(9-7-17)27-21-4-2-5-22(28)19(21)16-20(24(27)30)23(29)25-10-3-11-26-12-14-31-15-13-26/h6-9,16H,2-5,10-15H2,1H3,(H,25,29)/p+1. The van der Waals surface area contributed by atoms with E-state index in [0.29, 0.717) is 42.8 Å². The molecule has 7 heteroatoms. The van der Waals surface area contributed by atoms with Crippen LogP contribution in [0.15, 0.2) is 35.1 Å². The zero-order chi connectivity index (χ0) is 21.8. The second-order valence-corrected chi connectivity index (χ2v) is 8.39. The number of ketones is 1. The molecule has 1 saturated heterocycles. The number of benzene rings is 1. The van der Waals surface area contributed by atoms with Crippen LogP contribution in [0.25, 0.3) is 5.69 Å². The molecule has 1 aromatic heterocycles. The number of Topliss-reactive ketones (excluding diaryl/α,β-unsaturated/α-hetero) is 1. The highest BCUT2D eigenvalue weighted by Gasteiger charge is 2.26. The lowest BCUT2D eigenvalue weighted by Crippen LogP contribution is -3.14. The first-order chi connectivity index (χ1) is 15.0. The Morgan fingerprint density at radius 3 is 2.61 bits per heavy atom. The minimum absolute atomic E-state index is 0.00733. The fraction of sp³-hybridized carbons (Fsp3) is 0.458. The van der Waals surface area contributed by atoms with E-state index in [4.69, 9.17) is 4.74 Å². The molecule has 2 N–H and O–H groups in total. The van der Waals surface area contributed by atoms with E-state index < -0.39 is 5.91 Å². The summed E-state index contributed by atoms with van der Waals surface area (Å²) in [4.78, 5) is 40.3. The molecule has 2 aliphatic rings. The Hall–Kier alpha value is -2.77. The number of hydrogen-bond acceptors (Lipinski definition) is 4. The minimum Gasteiger partial charge on any atom is -0.370 e. The largest absolute Gasteiger partial charge is 0.370 e. The molecule has 0 radical (unpaired) electrons. The van der Waals surface area contributed by atoms with Crippen LogP contribution >= 0.6 is 0 Å². The summed E-state index contributed by atoms with van der Waals surface area (Å²) in [6.07, 6.45) is 2.64. The molecule has 0 bridgehead atoms. The maximum absolute atomic E-state index is 13.3. The van der Waals surface area contributed by atoms with E-state index in [1.165, 1.54) is 11.0 Å². The fourth-order valence-electron chi connectivity index (χ4n) is 4.37. The lowest BCUT2D eigenvalue weighted by atomic mass is 9.92. The van der Waals surface area contributed by atoms with E-state index in [0.717, 1.165) is 44.8 Å². The van der Waals surface area contributed by atoms with Gasteiger partial charge < -0.3 is 15.0 Å². The number of hydrogen-bond donors (Lipinski definition) is 2. The van der Waals surface area contributed by atoms with Crippen LogP contribution in [0, 0.1) is 6.92 Å². The molecule has 1 amide bonds. The monoisotopic (exact) mass is 424 g/mol. The van der Waals surface area contributed by atoms with Gasteiger partial charge in [-0.3, -0.25) is 19.0 Å². The second kappa shape index (κ2) is 9.58. The Morgan fingerprint density at radius 1 is 1.13 bits per heavy atom. The summed E-state index contributed by atoms with van der Waals surface area (Å²) in [6.45, 7) is 6.98. The highest BCUT2D eigenvalue weighted by molar-refractivity contribution is 6.01. The molecule has 2 aromatic rings. The van der Waals surface area contributed by atoms with Crippen LogP contribution in [0.1, 0.15) is 51.2 Å². The normalized spacial score (nSPS) is 16.7. The number of ether oxygens (including phenoxy) is 1. The topological polar surface area (TPSA) is 81.8 Å². The molecule has 4 rings (SSSR count). The summed E-state index contributed by atoms with van der Waals surface area (Å²) in [5.74, 6) is -0.420. The van der Waals surface area contributed by atoms with Crippen LogP contribution in [0.5, 0.6) is 0 Å². The number of nitrogens with one attached hydrogen (secondary N) is 2. The van der Waals surface area contributed by atoms with Crippen molar-refractivity contribution in [2.75, 3.05) is 39.4 Å². The number of carbonyl (C=O) groups is 2. The van der Waals surface area contributed by atoms with E-state index >= 15 is 0 Å². The maximum Gasteiger partial charge on any atom is 0.268 e. The molecule has 0 atom stereocenters. The highest BCUT2D eigenvalue weighted by Crippen LogP contribution is 2.23. The smallest absolute Gasteiger partial charge is 0.268 e. The molecule has 1 aliphatic heterocycles. The lowest BCUT2D eigenvalue weighted by Gasteiger charge is -2.23. The zero-order valence-corrected chi connectivity index (χ0v) is 18.0. The molecular weight excluding hydrogens is 394 g/mol. The molecule has 2 heterocycles. The van der Waals surface area contributed by atoms with Gasteiger partial charge in [0.2, 0.25) is 0 Å². The predicted octanol–water partition coefficient (Wildman–Crippen LogP) is 0.700. The van der Waals surface area contributed by atoms with Crippen molar-refractivity contribution in [3.63, 3.8) is 0 Å². The van der Waals surface area contributed by atoms with E-state index in [9.17, 15) is 14.4 Å². The highest BCUT2D eigenvalue weighted by atomic mass is 16.5. The van der Waals surface area contributed by atoms with Crippen LogP contribution in [0.2, 0.25) is 0 Å². The first-order valence-corrected chi connectivity index (χ1v) is 11.1. The van der Waals surface area contributed by atoms with Crippen molar-refractivity contribution in [1.82, 2.24) is 9.88 Å². The van der Waals surface area contributed by atoms with Crippen LogP contribution in [-0.2, 0) is 11.2 Å². The van der Waals surface area contributed by atoms with Crippen molar-refractivity contribution in [2.45, 2.75) is 32.6 Å². The Balaban J connectivity index is 1.57. The van der Waals surface area contributed by atoms with E-state index in [1.54, 1.807) is 4.57 Å². The van der Waals surface area contributed by atoms with Gasteiger partial charge in [0.25, 0.3) is 11.5 Å². The summed E-state index contributed by atoms with van der Waals surface area (Å²) in [5.41, 5.74) is 2.64. The number of carbonyl (C=O) groups excluding carboxylic acids is 2. The van der Waals surface area contributed by atoms with Gasteiger partial charge in [0, 0.05) is 36.3 Å². The van der Waals surface area contributed by atoms with Gasteiger partial charge in [0.1, 0.15) is 18.7 Å². The Labute approximate surface area is 182 Å². The van der Waals surface area contributed by atoms with Crippen molar-refractivity contribution in [1.29, 1.82) is 0 Å². The van der Waals surface area contributed by atoms with Crippen LogP contribution in [0.3, 0.4) is 0 Å². The van der Waals surface area contributed by atoms with Gasteiger partial charge in [-0.1, -0.05) is 17.7 Å². The van der Waals surface area contributed by atoms with Crippen LogP contribution in [-0.4, -0.2) is 55.7 Å². The summed E-state index contributed by atoms with van der Waals surface area (Å²) >= 11 is 0. The molecular formula is C24H30N3O4+. The van der Waals surface area contributed by atoms with Crippen molar-refractivity contribution in [3.8, 4) is 5.69 Å². The SMILES string of the molecule is Cc1ccc(-n2c3c(cc(C(=O)NCCC[NH+]4CCOCC4)c2=O)C(=O)CCC3)cc1. The van der Waals surface area contributed by atoms with Gasteiger partial charge in [-0.05, 0) is 38.0 Å². The lowest BCUT2D eigenvalue weighted by molar-refractivity contribution is -0.908. The molecule has 0 spiro atoms. The number of fused-ring (bicyclic) bond motifs is 1. The third-order valence-electron chi connectivity index (χ3n) is 6.15. The number of pyridine rings is 1. The van der Waals surface area contributed by atoms with Crippen molar-refractivity contribution in [3.05, 3.63) is 63.1 Å². The van der Waals surface area contributed by atoms with E-state index in [2.05, 4.69) is 5.32 Å². The van der Waals surface area contributed by atoms with E-state index in [1.807, 2.05) is 31.2 Å². The number of aryl methyl sites for hydroxylation is 1. The van der Waals surface area contributed by atoms with E-state index in [-0.39, 0.29) is 16.9 Å². The quantitative estimate of drug-likeness (QED) is 0.669. The van der Waals surface area contributed by atoms with Crippen molar-refractivity contribution >= 4 is 11.7 Å². The Bertz CT molecular complexity index is 1020. The number of amides is 1. The Kier molecular flexibility index (Phi) is 6.63. The molecule has 7 nitrogen and oxygen atoms in total. The fourth-order valence-corrected chi connectivity index (χ4v) is 4.37. The zero-order valence-electron chi connectivity index (χ0n) is 18.0. The van der Waals surface area contributed by atoms with Gasteiger partial charge >= 0.3 is 0 Å². The molecule has 1 fully saturated rings. The third-order valence-corrected chi connectivity index (χ3v) is 6.15. The summed E-state index contributed by atoms with van der Waals surface area (Å²) in [7, 11) is 0. The molecule has 1 aliphatic carbocycles. The molecule has 1 aromatic carbocycles. The number of rotatable bonds is 6. The molecule has 0 saturated carbocycles. The van der Waals surface area contributed by atoms with Crippen LogP contribution in [0.4, 0.5) is 0 Å². The Morgan fingerprint density at radius 2 is 1.87 bits per heavy atom. The number of morpholine rings is 1. The molecule has 0 unspecified atom stereocenters. The number of nitrogens with zero attached hydrogens (tertiary/aromatic N) is 1.